The van der Waals surface area contributed by atoms with Crippen molar-refractivity contribution in [2.75, 3.05) is 39.9 Å². The van der Waals surface area contributed by atoms with Gasteiger partial charge < -0.3 is 15.0 Å². The van der Waals surface area contributed by atoms with Gasteiger partial charge in [-0.15, -0.1) is 5.10 Å². The summed E-state index contributed by atoms with van der Waals surface area (Å²) >= 11 is 1.40. The van der Waals surface area contributed by atoms with Gasteiger partial charge in [0.2, 0.25) is 11.1 Å². The molecule has 1 unspecified atom stereocenters. The van der Waals surface area contributed by atoms with Gasteiger partial charge in [-0.25, -0.2) is 4.68 Å². The van der Waals surface area contributed by atoms with Gasteiger partial charge in [0.25, 0.3) is 0 Å². The number of rotatable bonds is 6. The lowest BCUT2D eigenvalue weighted by Gasteiger charge is -2.28. The molecule has 20 heavy (non-hydrogen) atoms. The van der Waals surface area contributed by atoms with Gasteiger partial charge in [-0.3, -0.25) is 4.79 Å². The third kappa shape index (κ3) is 3.90. The van der Waals surface area contributed by atoms with E-state index in [1.54, 1.807) is 4.68 Å². The van der Waals surface area contributed by atoms with Gasteiger partial charge in [-0.2, -0.15) is 0 Å². The van der Waals surface area contributed by atoms with Crippen molar-refractivity contribution in [3.05, 3.63) is 0 Å². The number of tetrazole rings is 1. The highest BCUT2D eigenvalue weighted by Gasteiger charge is 2.24. The lowest BCUT2D eigenvalue weighted by Crippen LogP contribution is -2.44. The number of thioether (sulfide) groups is 1. The number of nitrogens with one attached hydrogen (secondary N) is 1. The highest BCUT2D eigenvalue weighted by molar-refractivity contribution is 8.00. The second kappa shape index (κ2) is 7.55. The number of aromatic nitrogens is 4. The number of carbonyl (C=O) groups is 1. The number of likely N-dealkylation sites (N-methyl/N-ethyl adjacent to an activating group) is 1. The van der Waals surface area contributed by atoms with E-state index in [0.717, 1.165) is 6.54 Å². The number of ether oxygens (including phenoxy) is 1. The summed E-state index contributed by atoms with van der Waals surface area (Å²) < 4.78 is 6.97. The standard InChI is InChI=1S/C11H20N6O2S/c1-9(10(18)16-5-7-19-8-6-16)20-11-13-14-15-17(11)4-3-12-2/h9,12H,3-8H2,1-2H3. The lowest BCUT2D eigenvalue weighted by molar-refractivity contribution is -0.134. The quantitative estimate of drug-likeness (QED) is 0.691. The van der Waals surface area contributed by atoms with E-state index in [2.05, 4.69) is 20.8 Å². The van der Waals surface area contributed by atoms with E-state index in [1.807, 2.05) is 18.9 Å². The number of morpholine rings is 1. The minimum atomic E-state index is -0.201. The molecule has 1 saturated heterocycles. The zero-order valence-corrected chi connectivity index (χ0v) is 12.6. The molecule has 0 radical (unpaired) electrons. The fraction of sp³-hybridized carbons (Fsp3) is 0.818. The third-order valence-electron chi connectivity index (χ3n) is 3.03. The highest BCUT2D eigenvalue weighted by Crippen LogP contribution is 2.22. The summed E-state index contributed by atoms with van der Waals surface area (Å²) in [6.45, 7) is 5.91. The maximum Gasteiger partial charge on any atom is 0.236 e. The fourth-order valence-corrected chi connectivity index (χ4v) is 2.79. The average molecular weight is 300 g/mol. The molecule has 1 N–H and O–H groups in total. The van der Waals surface area contributed by atoms with Crippen LogP contribution in [0.15, 0.2) is 5.16 Å². The predicted octanol–water partition coefficient (Wildman–Crippen LogP) is -0.768. The van der Waals surface area contributed by atoms with Gasteiger partial charge in [0.15, 0.2) is 0 Å². The van der Waals surface area contributed by atoms with Crippen LogP contribution in [0.1, 0.15) is 6.92 Å². The average Bonchev–Trinajstić information content (AvgIpc) is 2.92. The number of hydrogen-bond donors (Lipinski definition) is 1. The Morgan fingerprint density at radius 1 is 1.50 bits per heavy atom. The van der Waals surface area contributed by atoms with Crippen molar-refractivity contribution in [2.45, 2.75) is 23.9 Å². The topological polar surface area (TPSA) is 85.2 Å². The van der Waals surface area contributed by atoms with Gasteiger partial charge in [-0.1, -0.05) is 11.8 Å². The van der Waals surface area contributed by atoms with Crippen molar-refractivity contribution >= 4 is 17.7 Å². The summed E-state index contributed by atoms with van der Waals surface area (Å²) in [5.41, 5.74) is 0. The van der Waals surface area contributed by atoms with E-state index in [9.17, 15) is 4.79 Å². The molecule has 0 spiro atoms. The zero-order chi connectivity index (χ0) is 14.4. The molecule has 0 saturated carbocycles. The molecule has 0 bridgehead atoms. The van der Waals surface area contributed by atoms with E-state index in [0.29, 0.717) is 38.0 Å². The number of nitrogens with zero attached hydrogens (tertiary/aromatic N) is 5. The molecule has 0 aromatic carbocycles. The van der Waals surface area contributed by atoms with Gasteiger partial charge >= 0.3 is 0 Å². The van der Waals surface area contributed by atoms with E-state index in [4.69, 9.17) is 4.74 Å². The third-order valence-corrected chi connectivity index (χ3v) is 4.08. The van der Waals surface area contributed by atoms with Crippen LogP contribution >= 0.6 is 11.8 Å². The largest absolute Gasteiger partial charge is 0.378 e. The number of carbonyl (C=O) groups excluding carboxylic acids is 1. The Kier molecular flexibility index (Phi) is 5.74. The Morgan fingerprint density at radius 3 is 2.95 bits per heavy atom. The van der Waals surface area contributed by atoms with Gasteiger partial charge in [0, 0.05) is 19.6 Å². The molecule has 1 fully saturated rings. The molecule has 0 aliphatic carbocycles. The minimum Gasteiger partial charge on any atom is -0.378 e. The molecule has 1 aromatic rings. The van der Waals surface area contributed by atoms with Gasteiger partial charge in [0.1, 0.15) is 0 Å². The molecule has 1 aromatic heterocycles. The van der Waals surface area contributed by atoms with E-state index < -0.39 is 0 Å². The first kappa shape index (κ1) is 15.2. The predicted molar refractivity (Wildman–Crippen MR) is 74.5 cm³/mol. The first-order chi connectivity index (χ1) is 9.72. The van der Waals surface area contributed by atoms with Crippen LogP contribution < -0.4 is 5.32 Å². The maximum atomic E-state index is 12.3. The maximum absolute atomic E-state index is 12.3. The van der Waals surface area contributed by atoms with Crippen LogP contribution in [-0.2, 0) is 16.1 Å². The van der Waals surface area contributed by atoms with Crippen LogP contribution in [-0.4, -0.2) is 76.2 Å². The molecule has 1 amide bonds. The summed E-state index contributed by atoms with van der Waals surface area (Å²) in [7, 11) is 1.88. The first-order valence-electron chi connectivity index (χ1n) is 6.66. The minimum absolute atomic E-state index is 0.112. The summed E-state index contributed by atoms with van der Waals surface area (Å²) in [6.07, 6.45) is 0. The molecule has 112 valence electrons. The van der Waals surface area contributed by atoms with Crippen LogP contribution in [0.4, 0.5) is 0 Å². The Labute approximate surface area is 122 Å². The second-order valence-corrected chi connectivity index (χ2v) is 5.79. The number of amides is 1. The molecular formula is C11H20N6O2S. The lowest BCUT2D eigenvalue weighted by atomic mass is 10.3. The van der Waals surface area contributed by atoms with Gasteiger partial charge in [0.05, 0.1) is 25.0 Å². The monoisotopic (exact) mass is 300 g/mol. The van der Waals surface area contributed by atoms with Crippen LogP contribution in [0, 0.1) is 0 Å². The smallest absolute Gasteiger partial charge is 0.236 e. The zero-order valence-electron chi connectivity index (χ0n) is 11.8. The van der Waals surface area contributed by atoms with Crippen LogP contribution in [0.25, 0.3) is 0 Å². The SMILES string of the molecule is CNCCn1nnnc1SC(C)C(=O)N1CCOCC1. The molecule has 1 aliphatic heterocycles. The Morgan fingerprint density at radius 2 is 2.25 bits per heavy atom. The Balaban J connectivity index is 1.91. The van der Waals surface area contributed by atoms with E-state index in [-0.39, 0.29) is 11.2 Å². The van der Waals surface area contributed by atoms with Crippen molar-refractivity contribution in [2.24, 2.45) is 0 Å². The molecule has 2 heterocycles. The summed E-state index contributed by atoms with van der Waals surface area (Å²) in [6, 6.07) is 0. The second-order valence-electron chi connectivity index (χ2n) is 4.49. The Bertz CT molecular complexity index is 434. The Hall–Kier alpha value is -1.19. The summed E-state index contributed by atoms with van der Waals surface area (Å²) in [5, 5.41) is 15.1. The van der Waals surface area contributed by atoms with Crippen LogP contribution in [0.2, 0.25) is 0 Å². The molecule has 1 atom stereocenters. The molecule has 8 nitrogen and oxygen atoms in total. The molecule has 1 aliphatic rings. The van der Waals surface area contributed by atoms with Crippen molar-refractivity contribution < 1.29 is 9.53 Å². The van der Waals surface area contributed by atoms with E-state index >= 15 is 0 Å². The fourth-order valence-electron chi connectivity index (χ4n) is 1.89. The van der Waals surface area contributed by atoms with E-state index in [1.165, 1.54) is 11.8 Å². The first-order valence-corrected chi connectivity index (χ1v) is 7.54. The van der Waals surface area contributed by atoms with Crippen LogP contribution in [0.5, 0.6) is 0 Å². The number of hydrogen-bond acceptors (Lipinski definition) is 7. The van der Waals surface area contributed by atoms with Crippen LogP contribution in [0.3, 0.4) is 0 Å². The molecule has 2 rings (SSSR count). The molecular weight excluding hydrogens is 280 g/mol. The highest BCUT2D eigenvalue weighted by atomic mass is 32.2. The van der Waals surface area contributed by atoms with Crippen molar-refractivity contribution in [3.8, 4) is 0 Å². The normalized spacial score (nSPS) is 17.2. The van der Waals surface area contributed by atoms with Crippen molar-refractivity contribution in [1.29, 1.82) is 0 Å². The molecule has 9 heteroatoms. The summed E-state index contributed by atoms with van der Waals surface area (Å²) in [5.74, 6) is 0.112. The van der Waals surface area contributed by atoms with Gasteiger partial charge in [-0.05, 0) is 24.4 Å². The van der Waals surface area contributed by atoms with Crippen molar-refractivity contribution in [3.63, 3.8) is 0 Å². The summed E-state index contributed by atoms with van der Waals surface area (Å²) in [4.78, 5) is 14.1. The van der Waals surface area contributed by atoms with Crippen molar-refractivity contribution in [1.82, 2.24) is 30.4 Å².